The summed E-state index contributed by atoms with van der Waals surface area (Å²) < 4.78 is 1.20. The van der Waals surface area contributed by atoms with Gasteiger partial charge in [-0.2, -0.15) is 5.23 Å². The van der Waals surface area contributed by atoms with E-state index in [4.69, 9.17) is 10.9 Å². The van der Waals surface area contributed by atoms with Crippen LogP contribution in [0.3, 0.4) is 0 Å². The first-order valence-electron chi connectivity index (χ1n) is 8.45. The fourth-order valence-corrected chi connectivity index (χ4v) is 2.58. The van der Waals surface area contributed by atoms with Crippen LogP contribution in [-0.2, 0) is 13.1 Å². The smallest absolute Gasteiger partial charge is 0.258 e. The molecule has 0 spiro atoms. The van der Waals surface area contributed by atoms with Gasteiger partial charge in [0.2, 0.25) is 5.88 Å². The number of rotatable bonds is 7. The van der Waals surface area contributed by atoms with E-state index in [0.29, 0.717) is 24.1 Å². The van der Waals surface area contributed by atoms with Crippen LogP contribution in [0.5, 0.6) is 11.6 Å². The molecule has 1 heterocycles. The number of quaternary nitrogens is 1. The minimum Gasteiger partial charge on any atom is -0.595 e. The second-order valence-electron chi connectivity index (χ2n) is 6.00. The number of unbranched alkanes of at least 4 members (excludes halogenated alkanes) is 1. The highest BCUT2D eigenvalue weighted by Crippen LogP contribution is 2.35. The van der Waals surface area contributed by atoms with E-state index in [-0.39, 0.29) is 40.8 Å². The third-order valence-corrected chi connectivity index (χ3v) is 4.20. The van der Waals surface area contributed by atoms with Gasteiger partial charge in [-0.25, -0.2) is 5.21 Å². The third-order valence-electron chi connectivity index (χ3n) is 4.20. The highest BCUT2D eigenvalue weighted by Gasteiger charge is 2.18. The molecule has 0 fully saturated rings. The summed E-state index contributed by atoms with van der Waals surface area (Å²) in [6.45, 7) is 3.82. The van der Waals surface area contributed by atoms with Gasteiger partial charge in [-0.1, -0.05) is 13.3 Å². The summed E-state index contributed by atoms with van der Waals surface area (Å²) in [5.41, 5.74) is 5.89. The summed E-state index contributed by atoms with van der Waals surface area (Å²) >= 11 is 0. The molecule has 27 heavy (non-hydrogen) atoms. The number of pyridine rings is 1. The van der Waals surface area contributed by atoms with E-state index in [1.165, 1.54) is 16.7 Å². The Kier molecular flexibility index (Phi) is 6.64. The minimum absolute atomic E-state index is 0.0284. The van der Waals surface area contributed by atoms with Crippen LogP contribution in [0.15, 0.2) is 33.2 Å². The highest BCUT2D eigenvalue weighted by atomic mass is 16.8. The zero-order valence-corrected chi connectivity index (χ0v) is 15.1. The second-order valence-corrected chi connectivity index (χ2v) is 6.00. The van der Waals surface area contributed by atoms with Crippen molar-refractivity contribution in [2.75, 3.05) is 0 Å². The van der Waals surface area contributed by atoms with Gasteiger partial charge in [-0.3, -0.25) is 9.36 Å². The van der Waals surface area contributed by atoms with Gasteiger partial charge in [0.25, 0.3) is 5.56 Å². The molecular formula is C17H23N5O5. The van der Waals surface area contributed by atoms with Crippen LogP contribution >= 0.6 is 0 Å². The molecule has 10 heteroatoms. The van der Waals surface area contributed by atoms with Gasteiger partial charge in [0, 0.05) is 30.8 Å². The Hall–Kier alpha value is -2.79. The minimum atomic E-state index is -1.18. The number of azo groups is 1. The predicted octanol–water partition coefficient (Wildman–Crippen LogP) is 1.65. The lowest BCUT2D eigenvalue weighted by Gasteiger charge is -2.15. The van der Waals surface area contributed by atoms with Gasteiger partial charge in [-0.15, -0.1) is 10.2 Å². The lowest BCUT2D eigenvalue weighted by Crippen LogP contribution is -2.99. The second kappa shape index (κ2) is 8.73. The summed E-state index contributed by atoms with van der Waals surface area (Å²) in [6.07, 6.45) is 1.50. The molecule has 0 saturated heterocycles. The van der Waals surface area contributed by atoms with Gasteiger partial charge < -0.3 is 21.2 Å². The molecule has 146 valence electrons. The van der Waals surface area contributed by atoms with E-state index in [9.17, 15) is 20.2 Å². The number of nitrogens with zero attached hydrogens (tertiary/aromatic N) is 3. The Morgan fingerprint density at radius 1 is 1.30 bits per heavy atom. The summed E-state index contributed by atoms with van der Waals surface area (Å²) in [6, 6.07) is 3.58. The average molecular weight is 377 g/mol. The van der Waals surface area contributed by atoms with Crippen LogP contribution in [0.2, 0.25) is 0 Å². The number of phenolic OH excluding ortho intramolecular Hbond substituents is 1. The largest absolute Gasteiger partial charge is 0.595 e. The van der Waals surface area contributed by atoms with Crippen molar-refractivity contribution < 1.29 is 20.6 Å². The van der Waals surface area contributed by atoms with Crippen molar-refractivity contribution in [2.45, 2.75) is 39.8 Å². The number of aromatic hydroxyl groups is 2. The van der Waals surface area contributed by atoms with Crippen LogP contribution in [0, 0.1) is 12.1 Å². The van der Waals surface area contributed by atoms with E-state index in [1.807, 2.05) is 6.92 Å². The van der Waals surface area contributed by atoms with Crippen molar-refractivity contribution in [1.82, 2.24) is 4.57 Å². The van der Waals surface area contributed by atoms with Crippen molar-refractivity contribution in [3.05, 3.63) is 44.9 Å². The number of aromatic nitrogens is 1. The van der Waals surface area contributed by atoms with Crippen molar-refractivity contribution in [2.24, 2.45) is 16.0 Å². The molecule has 10 nitrogen and oxygen atoms in total. The third kappa shape index (κ3) is 4.31. The molecule has 1 aromatic carbocycles. The SMILES string of the molecule is CCCCn1c(O)c(N=Nc2cc([NH+]([O-])O)ccc2O)c(C)c(CN)c1=O. The standard InChI is InChI=1S/C17H23N5O5/c1-3-4-7-21-16(24)12(9-18)10(2)15(17(21)25)20-19-13-8-11(22(26)27)5-6-14(13)23/h5-6,8,22-23,25-26H,3-4,7,9,18H2,1-2H3. The number of phenols is 1. The fourth-order valence-electron chi connectivity index (χ4n) is 2.58. The Morgan fingerprint density at radius 2 is 2.00 bits per heavy atom. The lowest BCUT2D eigenvalue weighted by atomic mass is 10.1. The van der Waals surface area contributed by atoms with E-state index in [2.05, 4.69) is 10.2 Å². The Labute approximate surface area is 155 Å². The normalized spacial score (nSPS) is 12.6. The zero-order chi connectivity index (χ0) is 20.1. The number of hydrogen-bond acceptors (Lipinski definition) is 8. The quantitative estimate of drug-likeness (QED) is 0.280. The van der Waals surface area contributed by atoms with Gasteiger partial charge in [-0.05, 0) is 25.0 Å². The first-order chi connectivity index (χ1) is 12.8. The van der Waals surface area contributed by atoms with Gasteiger partial charge in [0.05, 0.1) is 0 Å². The number of hydrogen-bond donors (Lipinski definition) is 5. The van der Waals surface area contributed by atoms with Crippen LogP contribution in [0.1, 0.15) is 30.9 Å². The highest BCUT2D eigenvalue weighted by molar-refractivity contribution is 5.59. The average Bonchev–Trinajstić information content (AvgIpc) is 2.63. The molecule has 0 aliphatic rings. The van der Waals surface area contributed by atoms with Crippen molar-refractivity contribution in [3.63, 3.8) is 0 Å². The molecule has 0 aliphatic heterocycles. The van der Waals surface area contributed by atoms with E-state index in [0.717, 1.165) is 12.5 Å². The Morgan fingerprint density at radius 3 is 2.59 bits per heavy atom. The zero-order valence-electron chi connectivity index (χ0n) is 15.1. The molecule has 1 aromatic heterocycles. The maximum absolute atomic E-state index is 12.5. The molecule has 1 unspecified atom stereocenters. The van der Waals surface area contributed by atoms with E-state index in [1.54, 1.807) is 6.92 Å². The Bertz CT molecular complexity index is 908. The van der Waals surface area contributed by atoms with Gasteiger partial charge >= 0.3 is 0 Å². The summed E-state index contributed by atoms with van der Waals surface area (Å²) in [5, 5.41) is 47.1. The molecule has 0 radical (unpaired) electrons. The molecule has 0 saturated carbocycles. The van der Waals surface area contributed by atoms with Gasteiger partial charge in [0.15, 0.2) is 5.69 Å². The molecule has 6 N–H and O–H groups in total. The molecule has 2 aromatic rings. The molecular weight excluding hydrogens is 354 g/mol. The monoisotopic (exact) mass is 377 g/mol. The maximum atomic E-state index is 12.5. The lowest BCUT2D eigenvalue weighted by molar-refractivity contribution is -0.991. The van der Waals surface area contributed by atoms with E-state index >= 15 is 0 Å². The maximum Gasteiger partial charge on any atom is 0.258 e. The first kappa shape index (κ1) is 20.5. The molecule has 0 amide bonds. The van der Waals surface area contributed by atoms with Crippen LogP contribution in [0.4, 0.5) is 17.1 Å². The molecule has 1 atom stereocenters. The molecule has 2 rings (SSSR count). The summed E-state index contributed by atoms with van der Waals surface area (Å²) in [5.74, 6) is -0.611. The van der Waals surface area contributed by atoms with Crippen LogP contribution < -0.4 is 16.5 Å². The predicted molar refractivity (Wildman–Crippen MR) is 98.0 cm³/mol. The van der Waals surface area contributed by atoms with E-state index < -0.39 is 5.23 Å². The molecule has 0 aliphatic carbocycles. The number of benzene rings is 1. The fraction of sp³-hybridized carbons (Fsp3) is 0.353. The van der Waals surface area contributed by atoms with Crippen LogP contribution in [0.25, 0.3) is 0 Å². The van der Waals surface area contributed by atoms with Crippen molar-refractivity contribution >= 4 is 17.1 Å². The number of nitrogens with two attached hydrogens (primary N) is 1. The molecule has 0 bridgehead atoms. The van der Waals surface area contributed by atoms with Crippen molar-refractivity contribution in [1.29, 1.82) is 0 Å². The first-order valence-corrected chi connectivity index (χ1v) is 8.45. The van der Waals surface area contributed by atoms with Crippen molar-refractivity contribution in [3.8, 4) is 11.6 Å². The van der Waals surface area contributed by atoms with Gasteiger partial charge in [0.1, 0.15) is 17.1 Å². The summed E-state index contributed by atoms with van der Waals surface area (Å²) in [4.78, 5) is 12.5. The Balaban J connectivity index is 2.57. The number of nitrogens with one attached hydrogen (secondary N) is 1. The topological polar surface area (TPSA) is 161 Å². The van der Waals surface area contributed by atoms with Crippen LogP contribution in [-0.4, -0.2) is 20.0 Å². The summed E-state index contributed by atoms with van der Waals surface area (Å²) in [7, 11) is 0.